The van der Waals surface area contributed by atoms with Crippen LogP contribution in [0.1, 0.15) is 0 Å². The van der Waals surface area contributed by atoms with E-state index in [0.717, 1.165) is 11.0 Å². The molecule has 12 heavy (non-hydrogen) atoms. The van der Waals surface area contributed by atoms with Gasteiger partial charge in [-0.15, -0.1) is 0 Å². The summed E-state index contributed by atoms with van der Waals surface area (Å²) in [7, 11) is 1.89. The van der Waals surface area contributed by atoms with Gasteiger partial charge in [-0.05, 0) is 12.1 Å². The van der Waals surface area contributed by atoms with Crippen molar-refractivity contribution in [3.05, 3.63) is 28.5 Å². The van der Waals surface area contributed by atoms with E-state index in [0.29, 0.717) is 10.3 Å². The predicted octanol–water partition coefficient (Wildman–Crippen LogP) is 2.88. The van der Waals surface area contributed by atoms with Crippen molar-refractivity contribution in [3.63, 3.8) is 0 Å². The van der Waals surface area contributed by atoms with Crippen molar-refractivity contribution < 1.29 is 0 Å². The van der Waals surface area contributed by atoms with Gasteiger partial charge in [0.15, 0.2) is 0 Å². The molecule has 4 heteroatoms. The molecule has 0 spiro atoms. The molecule has 0 aromatic carbocycles. The van der Waals surface area contributed by atoms with Crippen LogP contribution < -0.4 is 0 Å². The number of rotatable bonds is 0. The molecule has 0 fully saturated rings. The maximum atomic E-state index is 5.88. The average molecular weight is 201 g/mol. The van der Waals surface area contributed by atoms with Crippen LogP contribution in [-0.4, -0.2) is 9.55 Å². The molecule has 0 radical (unpaired) electrons. The SMILES string of the molecule is Cn1c(Cl)cc2nc(Cl)ccc21. The zero-order valence-electron chi connectivity index (χ0n) is 6.38. The fourth-order valence-corrected chi connectivity index (χ4v) is 1.51. The molecule has 2 heterocycles. The molecule has 0 amide bonds. The smallest absolute Gasteiger partial charge is 0.129 e. The molecule has 0 saturated carbocycles. The van der Waals surface area contributed by atoms with E-state index in [9.17, 15) is 0 Å². The van der Waals surface area contributed by atoms with Gasteiger partial charge < -0.3 is 4.57 Å². The van der Waals surface area contributed by atoms with Crippen LogP contribution in [0.25, 0.3) is 11.0 Å². The summed E-state index contributed by atoms with van der Waals surface area (Å²) < 4.78 is 1.86. The zero-order valence-corrected chi connectivity index (χ0v) is 7.89. The zero-order chi connectivity index (χ0) is 8.72. The standard InChI is InChI=1S/C8H6Cl2N2/c1-12-6-2-3-7(9)11-5(6)4-8(12)10/h2-4H,1H3. The van der Waals surface area contributed by atoms with Crippen LogP contribution >= 0.6 is 23.2 Å². The van der Waals surface area contributed by atoms with Gasteiger partial charge in [-0.1, -0.05) is 23.2 Å². The second kappa shape index (κ2) is 2.64. The molecular weight excluding hydrogens is 195 g/mol. The fourth-order valence-electron chi connectivity index (χ4n) is 1.16. The molecule has 0 N–H and O–H groups in total. The first-order valence-electron chi connectivity index (χ1n) is 3.46. The van der Waals surface area contributed by atoms with Crippen molar-refractivity contribution in [2.24, 2.45) is 7.05 Å². The van der Waals surface area contributed by atoms with Crippen LogP contribution in [-0.2, 0) is 7.05 Å². The van der Waals surface area contributed by atoms with Crippen LogP contribution in [0.5, 0.6) is 0 Å². The van der Waals surface area contributed by atoms with E-state index in [1.165, 1.54) is 0 Å². The highest BCUT2D eigenvalue weighted by Crippen LogP contribution is 2.21. The van der Waals surface area contributed by atoms with E-state index in [1.807, 2.05) is 17.7 Å². The van der Waals surface area contributed by atoms with Gasteiger partial charge in [-0.3, -0.25) is 0 Å². The summed E-state index contributed by atoms with van der Waals surface area (Å²) in [6, 6.07) is 5.44. The number of aryl methyl sites for hydroxylation is 1. The minimum Gasteiger partial charge on any atom is -0.333 e. The topological polar surface area (TPSA) is 17.8 Å². The van der Waals surface area contributed by atoms with Crippen molar-refractivity contribution in [3.8, 4) is 0 Å². The molecule has 0 atom stereocenters. The average Bonchev–Trinajstić information content (AvgIpc) is 2.28. The van der Waals surface area contributed by atoms with Crippen LogP contribution in [0.15, 0.2) is 18.2 Å². The third kappa shape index (κ3) is 1.08. The first-order chi connectivity index (χ1) is 5.68. The fraction of sp³-hybridized carbons (Fsp3) is 0.125. The first-order valence-corrected chi connectivity index (χ1v) is 4.21. The molecule has 62 valence electrons. The lowest BCUT2D eigenvalue weighted by Gasteiger charge is -1.95. The lowest BCUT2D eigenvalue weighted by molar-refractivity contribution is 0.969. The molecule has 0 bridgehead atoms. The third-order valence-corrected chi connectivity index (χ3v) is 2.38. The quantitative estimate of drug-likeness (QED) is 0.599. The lowest BCUT2D eigenvalue weighted by Crippen LogP contribution is -1.86. The molecule has 0 aliphatic heterocycles. The Morgan fingerprint density at radius 2 is 2.08 bits per heavy atom. The minimum absolute atomic E-state index is 0.491. The third-order valence-electron chi connectivity index (χ3n) is 1.81. The summed E-state index contributed by atoms with van der Waals surface area (Å²) in [5.41, 5.74) is 1.82. The molecular formula is C8H6Cl2N2. The maximum Gasteiger partial charge on any atom is 0.129 e. The summed E-state index contributed by atoms with van der Waals surface area (Å²) in [6.45, 7) is 0. The molecule has 0 unspecified atom stereocenters. The number of halogens is 2. The monoisotopic (exact) mass is 200 g/mol. The van der Waals surface area contributed by atoms with Gasteiger partial charge in [0, 0.05) is 13.1 Å². The molecule has 2 aromatic heterocycles. The van der Waals surface area contributed by atoms with E-state index in [2.05, 4.69) is 4.98 Å². The van der Waals surface area contributed by atoms with Crippen molar-refractivity contribution in [2.75, 3.05) is 0 Å². The van der Waals surface area contributed by atoms with Gasteiger partial charge in [0.1, 0.15) is 10.3 Å². The lowest BCUT2D eigenvalue weighted by atomic mass is 10.4. The van der Waals surface area contributed by atoms with Crippen LogP contribution in [0.3, 0.4) is 0 Å². The molecule has 2 rings (SSSR count). The maximum absolute atomic E-state index is 5.88. The van der Waals surface area contributed by atoms with Crippen LogP contribution in [0.2, 0.25) is 10.3 Å². The van der Waals surface area contributed by atoms with Gasteiger partial charge in [0.05, 0.1) is 11.0 Å². The molecule has 2 nitrogen and oxygen atoms in total. The summed E-state index contributed by atoms with van der Waals surface area (Å²) in [5, 5.41) is 1.16. The Morgan fingerprint density at radius 3 is 2.83 bits per heavy atom. The Morgan fingerprint density at radius 1 is 1.33 bits per heavy atom. The Balaban J connectivity index is 2.87. The summed E-state index contributed by atoms with van der Waals surface area (Å²) in [6.07, 6.45) is 0. The second-order valence-electron chi connectivity index (χ2n) is 2.56. The first kappa shape index (κ1) is 7.90. The van der Waals surface area contributed by atoms with Gasteiger partial charge in [0.2, 0.25) is 0 Å². The van der Waals surface area contributed by atoms with E-state index >= 15 is 0 Å². The van der Waals surface area contributed by atoms with Crippen LogP contribution in [0.4, 0.5) is 0 Å². The Bertz CT molecular complexity index is 434. The van der Waals surface area contributed by atoms with Gasteiger partial charge >= 0.3 is 0 Å². The van der Waals surface area contributed by atoms with Crippen LogP contribution in [0, 0.1) is 0 Å². The van der Waals surface area contributed by atoms with Crippen molar-refractivity contribution >= 4 is 34.2 Å². The second-order valence-corrected chi connectivity index (χ2v) is 3.34. The van der Waals surface area contributed by atoms with Crippen molar-refractivity contribution in [2.45, 2.75) is 0 Å². The van der Waals surface area contributed by atoms with E-state index < -0.39 is 0 Å². The minimum atomic E-state index is 0.491. The van der Waals surface area contributed by atoms with E-state index in [1.54, 1.807) is 12.1 Å². The Hall–Kier alpha value is -0.730. The molecule has 2 aromatic rings. The number of nitrogens with zero attached hydrogens (tertiary/aromatic N) is 2. The van der Waals surface area contributed by atoms with Crippen molar-refractivity contribution in [1.82, 2.24) is 9.55 Å². The summed E-state index contributed by atoms with van der Waals surface area (Å²) >= 11 is 11.6. The molecule has 0 aliphatic carbocycles. The highest BCUT2D eigenvalue weighted by molar-refractivity contribution is 6.31. The predicted molar refractivity (Wildman–Crippen MR) is 50.7 cm³/mol. The number of hydrogen-bond donors (Lipinski definition) is 0. The Kier molecular flexibility index (Phi) is 1.74. The van der Waals surface area contributed by atoms with Gasteiger partial charge in [-0.25, -0.2) is 4.98 Å². The Labute approximate surface area is 79.7 Å². The van der Waals surface area contributed by atoms with Gasteiger partial charge in [-0.2, -0.15) is 0 Å². The summed E-state index contributed by atoms with van der Waals surface area (Å²) in [4.78, 5) is 4.12. The largest absolute Gasteiger partial charge is 0.333 e. The number of aromatic nitrogens is 2. The highest BCUT2D eigenvalue weighted by Gasteiger charge is 2.03. The van der Waals surface area contributed by atoms with E-state index in [-0.39, 0.29) is 0 Å². The summed E-state index contributed by atoms with van der Waals surface area (Å²) in [5.74, 6) is 0. The molecule has 0 aliphatic rings. The van der Waals surface area contributed by atoms with Gasteiger partial charge in [0.25, 0.3) is 0 Å². The highest BCUT2D eigenvalue weighted by atomic mass is 35.5. The number of fused-ring (bicyclic) bond motifs is 1. The molecule has 0 saturated heterocycles. The normalized spacial score (nSPS) is 10.9. The number of hydrogen-bond acceptors (Lipinski definition) is 1. The van der Waals surface area contributed by atoms with Crippen molar-refractivity contribution in [1.29, 1.82) is 0 Å². The number of pyridine rings is 1. The van der Waals surface area contributed by atoms with E-state index in [4.69, 9.17) is 23.2 Å².